The molecular formula is C7H9NOS. The minimum atomic E-state index is 1.13. The molecule has 2 nitrogen and oxygen atoms in total. The topological polar surface area (TPSA) is 21.6 Å². The van der Waals surface area contributed by atoms with Gasteiger partial charge in [-0.15, -0.1) is 11.3 Å². The molecule has 0 aliphatic rings. The summed E-state index contributed by atoms with van der Waals surface area (Å²) in [5.74, 6) is 0. The first-order valence-corrected chi connectivity index (χ1v) is 3.83. The Morgan fingerprint density at radius 3 is 3.00 bits per heavy atom. The van der Waals surface area contributed by atoms with Crippen LogP contribution in [0.5, 0.6) is 0 Å². The van der Waals surface area contributed by atoms with E-state index in [1.807, 2.05) is 11.4 Å². The second kappa shape index (κ2) is 3.37. The number of nitrogens with zero attached hydrogens (tertiary/aromatic N) is 1. The fourth-order valence-electron chi connectivity index (χ4n) is 0.638. The summed E-state index contributed by atoms with van der Waals surface area (Å²) < 4.78 is 0. The number of aryl methyl sites for hydroxylation is 1. The molecule has 0 aromatic carbocycles. The van der Waals surface area contributed by atoms with Crippen LogP contribution in [0.3, 0.4) is 0 Å². The van der Waals surface area contributed by atoms with Crippen LogP contribution in [0.4, 0.5) is 0 Å². The fourth-order valence-corrected chi connectivity index (χ4v) is 1.31. The molecule has 0 bridgehead atoms. The number of hydrogen-bond acceptors (Lipinski definition) is 3. The second-order valence-electron chi connectivity index (χ2n) is 1.85. The minimum Gasteiger partial charge on any atom is -0.399 e. The molecule has 1 heterocycles. The Kier molecular flexibility index (Phi) is 2.45. The van der Waals surface area contributed by atoms with E-state index in [-0.39, 0.29) is 0 Å². The number of oxime groups is 1. The maximum absolute atomic E-state index is 4.54. The van der Waals surface area contributed by atoms with Gasteiger partial charge in [-0.1, -0.05) is 5.16 Å². The largest absolute Gasteiger partial charge is 0.399 e. The van der Waals surface area contributed by atoms with Gasteiger partial charge in [-0.3, -0.25) is 0 Å². The van der Waals surface area contributed by atoms with Crippen molar-refractivity contribution in [1.82, 2.24) is 0 Å². The van der Waals surface area contributed by atoms with E-state index in [2.05, 4.69) is 16.9 Å². The summed E-state index contributed by atoms with van der Waals surface area (Å²) in [6, 6.07) is 2.02. The summed E-state index contributed by atoms with van der Waals surface area (Å²) in [6.07, 6.45) is 1.71. The lowest BCUT2D eigenvalue weighted by molar-refractivity contribution is 0.215. The summed E-state index contributed by atoms with van der Waals surface area (Å²) >= 11 is 1.71. The quantitative estimate of drug-likeness (QED) is 0.473. The van der Waals surface area contributed by atoms with Crippen LogP contribution >= 0.6 is 11.3 Å². The molecule has 0 atom stereocenters. The molecular weight excluding hydrogens is 146 g/mol. The van der Waals surface area contributed by atoms with Crippen molar-refractivity contribution < 1.29 is 4.84 Å². The van der Waals surface area contributed by atoms with Gasteiger partial charge in [-0.05, 0) is 18.4 Å². The van der Waals surface area contributed by atoms with Crippen molar-refractivity contribution in [3.63, 3.8) is 0 Å². The highest BCUT2D eigenvalue weighted by Gasteiger charge is 1.93. The number of hydrogen-bond donors (Lipinski definition) is 0. The van der Waals surface area contributed by atoms with Gasteiger partial charge in [0.2, 0.25) is 0 Å². The van der Waals surface area contributed by atoms with Crippen LogP contribution < -0.4 is 0 Å². The Morgan fingerprint density at radius 1 is 1.70 bits per heavy atom. The number of rotatable bonds is 2. The van der Waals surface area contributed by atoms with Crippen LogP contribution in [0.2, 0.25) is 0 Å². The van der Waals surface area contributed by atoms with Gasteiger partial charge < -0.3 is 4.84 Å². The Hall–Kier alpha value is -0.830. The lowest BCUT2D eigenvalue weighted by Gasteiger charge is -1.86. The van der Waals surface area contributed by atoms with Crippen molar-refractivity contribution in [2.45, 2.75) is 6.92 Å². The van der Waals surface area contributed by atoms with E-state index in [1.165, 1.54) is 12.0 Å². The third-order valence-electron chi connectivity index (χ3n) is 1.20. The zero-order chi connectivity index (χ0) is 7.40. The average Bonchev–Trinajstić information content (AvgIpc) is 2.31. The van der Waals surface area contributed by atoms with Crippen molar-refractivity contribution in [1.29, 1.82) is 0 Å². The maximum atomic E-state index is 4.54. The standard InChI is InChI=1S/C7H9NOS/c1-6-7(3-4-10-6)5-8-9-2/h3-5H,1-2H3. The molecule has 0 unspecified atom stereocenters. The first kappa shape index (κ1) is 7.28. The predicted octanol–water partition coefficient (Wildman–Crippen LogP) is 2.04. The van der Waals surface area contributed by atoms with Gasteiger partial charge in [0.25, 0.3) is 0 Å². The lowest BCUT2D eigenvalue weighted by Crippen LogP contribution is -1.79. The predicted molar refractivity (Wildman–Crippen MR) is 43.7 cm³/mol. The zero-order valence-electron chi connectivity index (χ0n) is 6.00. The lowest BCUT2D eigenvalue weighted by atomic mass is 10.3. The molecule has 3 heteroatoms. The Bertz CT molecular complexity index is 229. The molecule has 54 valence electrons. The molecule has 0 aliphatic carbocycles. The number of thiophene rings is 1. The van der Waals surface area contributed by atoms with E-state index in [0.717, 1.165) is 5.56 Å². The third-order valence-corrected chi connectivity index (χ3v) is 2.06. The van der Waals surface area contributed by atoms with Gasteiger partial charge in [-0.2, -0.15) is 0 Å². The van der Waals surface area contributed by atoms with E-state index < -0.39 is 0 Å². The van der Waals surface area contributed by atoms with Crippen LogP contribution in [-0.4, -0.2) is 13.3 Å². The Labute approximate surface area is 64.1 Å². The van der Waals surface area contributed by atoms with Crippen LogP contribution in [0, 0.1) is 6.92 Å². The van der Waals surface area contributed by atoms with Crippen molar-refractivity contribution in [2.75, 3.05) is 7.11 Å². The summed E-state index contributed by atoms with van der Waals surface area (Å²) in [5, 5.41) is 5.69. The molecule has 0 amide bonds. The van der Waals surface area contributed by atoms with E-state index in [1.54, 1.807) is 17.6 Å². The molecule has 0 saturated carbocycles. The normalized spacial score (nSPS) is 10.6. The maximum Gasteiger partial charge on any atom is 0.106 e. The van der Waals surface area contributed by atoms with Crippen molar-refractivity contribution in [3.05, 3.63) is 21.9 Å². The van der Waals surface area contributed by atoms with Gasteiger partial charge in [0.15, 0.2) is 0 Å². The van der Waals surface area contributed by atoms with Gasteiger partial charge in [0.1, 0.15) is 7.11 Å². The van der Waals surface area contributed by atoms with Crippen LogP contribution in [0.1, 0.15) is 10.4 Å². The smallest absolute Gasteiger partial charge is 0.106 e. The molecule has 1 aromatic rings. The van der Waals surface area contributed by atoms with Crippen LogP contribution in [0.25, 0.3) is 0 Å². The monoisotopic (exact) mass is 155 g/mol. The van der Waals surface area contributed by atoms with E-state index in [4.69, 9.17) is 0 Å². The first-order chi connectivity index (χ1) is 4.84. The van der Waals surface area contributed by atoms with Gasteiger partial charge >= 0.3 is 0 Å². The highest BCUT2D eigenvalue weighted by molar-refractivity contribution is 7.10. The molecule has 0 aliphatic heterocycles. The summed E-state index contributed by atoms with van der Waals surface area (Å²) in [7, 11) is 1.54. The Balaban J connectivity index is 2.74. The molecule has 10 heavy (non-hydrogen) atoms. The molecule has 0 saturated heterocycles. The van der Waals surface area contributed by atoms with Crippen LogP contribution in [-0.2, 0) is 4.84 Å². The highest BCUT2D eigenvalue weighted by Crippen LogP contribution is 2.12. The van der Waals surface area contributed by atoms with E-state index in [0.29, 0.717) is 0 Å². The van der Waals surface area contributed by atoms with Gasteiger partial charge in [0.05, 0.1) is 6.21 Å². The van der Waals surface area contributed by atoms with Crippen molar-refractivity contribution in [3.8, 4) is 0 Å². The molecule has 0 N–H and O–H groups in total. The Morgan fingerprint density at radius 2 is 2.50 bits per heavy atom. The van der Waals surface area contributed by atoms with E-state index >= 15 is 0 Å². The zero-order valence-corrected chi connectivity index (χ0v) is 6.81. The first-order valence-electron chi connectivity index (χ1n) is 2.95. The third kappa shape index (κ3) is 1.57. The second-order valence-corrected chi connectivity index (χ2v) is 2.97. The van der Waals surface area contributed by atoms with Crippen LogP contribution in [0.15, 0.2) is 16.6 Å². The molecule has 0 spiro atoms. The fraction of sp³-hybridized carbons (Fsp3) is 0.286. The molecule has 0 radical (unpaired) electrons. The summed E-state index contributed by atoms with van der Waals surface area (Å²) in [4.78, 5) is 5.81. The molecule has 0 fully saturated rings. The SMILES string of the molecule is CON=Cc1ccsc1C. The van der Waals surface area contributed by atoms with Gasteiger partial charge in [0, 0.05) is 10.4 Å². The summed E-state index contributed by atoms with van der Waals surface area (Å²) in [5.41, 5.74) is 1.13. The van der Waals surface area contributed by atoms with Gasteiger partial charge in [-0.25, -0.2) is 0 Å². The molecule has 1 rings (SSSR count). The van der Waals surface area contributed by atoms with Crippen molar-refractivity contribution >= 4 is 17.6 Å². The summed E-state index contributed by atoms with van der Waals surface area (Å²) in [6.45, 7) is 2.06. The highest BCUT2D eigenvalue weighted by atomic mass is 32.1. The van der Waals surface area contributed by atoms with Crippen molar-refractivity contribution in [2.24, 2.45) is 5.16 Å². The molecule has 1 aromatic heterocycles. The van der Waals surface area contributed by atoms with E-state index in [9.17, 15) is 0 Å². The average molecular weight is 155 g/mol. The minimum absolute atomic E-state index is 1.13.